The molecular weight excluding hydrogens is 457 g/mol. The molecule has 2 rings (SSSR count). The van der Waals surface area contributed by atoms with Gasteiger partial charge < -0.3 is 15.5 Å². The van der Waals surface area contributed by atoms with E-state index in [0.29, 0.717) is 6.54 Å². The maximum Gasteiger partial charge on any atom is 0.191 e. The van der Waals surface area contributed by atoms with E-state index in [1.54, 1.807) is 11.3 Å². The summed E-state index contributed by atoms with van der Waals surface area (Å²) >= 11 is 1.75. The van der Waals surface area contributed by atoms with Crippen molar-refractivity contribution >= 4 is 41.3 Å². The maximum atomic E-state index is 4.70. The molecule has 0 spiro atoms. The normalized spacial score (nSPS) is 11.3. The summed E-state index contributed by atoms with van der Waals surface area (Å²) in [5.74, 6) is 0.855. The third kappa shape index (κ3) is 8.46. The number of rotatable bonds is 8. The first kappa shape index (κ1) is 22.9. The zero-order valence-corrected chi connectivity index (χ0v) is 19.2. The lowest BCUT2D eigenvalue weighted by Crippen LogP contribution is -2.38. The van der Waals surface area contributed by atoms with Crippen molar-refractivity contribution in [3.63, 3.8) is 0 Å². The second-order valence-corrected chi connectivity index (χ2v) is 7.61. The summed E-state index contributed by atoms with van der Waals surface area (Å²) in [4.78, 5) is 12.5. The van der Waals surface area contributed by atoms with Gasteiger partial charge in [0.05, 0.1) is 11.6 Å². The highest BCUT2D eigenvalue weighted by atomic mass is 127. The fourth-order valence-electron chi connectivity index (χ4n) is 2.51. The zero-order valence-electron chi connectivity index (χ0n) is 16.1. The molecule has 1 heterocycles. The van der Waals surface area contributed by atoms with Gasteiger partial charge in [-0.2, -0.15) is 0 Å². The van der Waals surface area contributed by atoms with E-state index in [1.165, 1.54) is 16.0 Å². The molecule has 0 atom stereocenters. The second-order valence-electron chi connectivity index (χ2n) is 6.29. The van der Waals surface area contributed by atoms with E-state index in [-0.39, 0.29) is 24.0 Å². The molecule has 1 aromatic carbocycles. The summed E-state index contributed by atoms with van der Waals surface area (Å²) in [6, 6.07) is 8.62. The maximum absolute atomic E-state index is 4.70. The van der Waals surface area contributed by atoms with Gasteiger partial charge in [-0.05, 0) is 39.1 Å². The molecule has 0 radical (unpaired) electrons. The molecule has 0 unspecified atom stereocenters. The van der Waals surface area contributed by atoms with E-state index >= 15 is 0 Å². The van der Waals surface area contributed by atoms with Gasteiger partial charge in [-0.1, -0.05) is 24.3 Å². The number of halogens is 1. The lowest BCUT2D eigenvalue weighted by Gasteiger charge is -2.12. The quantitative estimate of drug-likeness (QED) is 0.341. The molecule has 0 fully saturated rings. The van der Waals surface area contributed by atoms with Gasteiger partial charge in [0.15, 0.2) is 5.96 Å². The Labute approximate surface area is 178 Å². The third-order valence-corrected chi connectivity index (χ3v) is 4.53. The van der Waals surface area contributed by atoms with Crippen LogP contribution in [0.1, 0.15) is 27.9 Å². The number of nitrogens with one attached hydrogen (secondary N) is 2. The topological polar surface area (TPSA) is 52.6 Å². The molecule has 0 saturated carbocycles. The lowest BCUT2D eigenvalue weighted by atomic mass is 10.1. The van der Waals surface area contributed by atoms with Gasteiger partial charge >= 0.3 is 0 Å². The fraction of sp³-hybridized carbons (Fsp3) is 0.474. The van der Waals surface area contributed by atoms with Crippen LogP contribution in [0.5, 0.6) is 0 Å². The zero-order chi connectivity index (χ0) is 18.1. The minimum atomic E-state index is 0. The first-order valence-corrected chi connectivity index (χ1v) is 9.54. The smallest absolute Gasteiger partial charge is 0.191 e. The molecule has 1 aromatic heterocycles. The van der Waals surface area contributed by atoms with E-state index in [9.17, 15) is 0 Å². The molecule has 0 saturated heterocycles. The largest absolute Gasteiger partial charge is 0.357 e. The number of aryl methyl sites for hydroxylation is 1. The van der Waals surface area contributed by atoms with E-state index in [4.69, 9.17) is 4.99 Å². The van der Waals surface area contributed by atoms with Crippen molar-refractivity contribution in [2.45, 2.75) is 33.4 Å². The number of guanidine groups is 1. The van der Waals surface area contributed by atoms with Crippen molar-refractivity contribution in [3.05, 3.63) is 51.5 Å². The van der Waals surface area contributed by atoms with Gasteiger partial charge in [0.2, 0.25) is 0 Å². The molecule has 26 heavy (non-hydrogen) atoms. The molecule has 5 nitrogen and oxygen atoms in total. The summed E-state index contributed by atoms with van der Waals surface area (Å²) in [6.45, 7) is 7.47. The Bertz CT molecular complexity index is 684. The van der Waals surface area contributed by atoms with Crippen LogP contribution >= 0.6 is 35.3 Å². The van der Waals surface area contributed by atoms with Crippen LogP contribution in [0.25, 0.3) is 0 Å². The predicted octanol–water partition coefficient (Wildman–Crippen LogP) is 3.43. The SMILES string of the molecule is CCNC(=NCc1cccc(CN(C)C)c1)NCCc1ncc(C)s1.I. The molecule has 0 bridgehead atoms. The second kappa shape index (κ2) is 12.2. The highest BCUT2D eigenvalue weighted by Gasteiger charge is 2.02. The minimum Gasteiger partial charge on any atom is -0.357 e. The standard InChI is InChI=1S/C19H29N5S.HI/c1-5-20-19(21-10-9-18-22-12-15(2)25-18)23-13-16-7-6-8-17(11-16)14-24(3)4;/h6-8,11-12H,5,9-10,13-14H2,1-4H3,(H2,20,21,23);1H. The van der Waals surface area contributed by atoms with Crippen LogP contribution in [0.4, 0.5) is 0 Å². The Balaban J connectivity index is 0.00000338. The Hall–Kier alpha value is -1.19. The van der Waals surface area contributed by atoms with Gasteiger partial charge in [0.25, 0.3) is 0 Å². The van der Waals surface area contributed by atoms with E-state index in [1.807, 2.05) is 6.20 Å². The number of nitrogens with zero attached hydrogens (tertiary/aromatic N) is 3. The highest BCUT2D eigenvalue weighted by molar-refractivity contribution is 14.0. The number of benzene rings is 1. The molecule has 2 N–H and O–H groups in total. The number of thiazole rings is 1. The fourth-order valence-corrected chi connectivity index (χ4v) is 3.30. The summed E-state index contributed by atoms with van der Waals surface area (Å²) in [7, 11) is 4.17. The monoisotopic (exact) mass is 487 g/mol. The van der Waals surface area contributed by atoms with Crippen LogP contribution in [0.3, 0.4) is 0 Å². The van der Waals surface area contributed by atoms with Gasteiger partial charge in [0.1, 0.15) is 0 Å². The van der Waals surface area contributed by atoms with Crippen molar-refractivity contribution in [3.8, 4) is 0 Å². The van der Waals surface area contributed by atoms with Gasteiger partial charge in [-0.3, -0.25) is 0 Å². The van der Waals surface area contributed by atoms with Crippen molar-refractivity contribution in [2.75, 3.05) is 27.2 Å². The highest BCUT2D eigenvalue weighted by Crippen LogP contribution is 2.11. The molecule has 0 aliphatic heterocycles. The van der Waals surface area contributed by atoms with Crippen LogP contribution < -0.4 is 10.6 Å². The molecular formula is C19H30IN5S. The third-order valence-electron chi connectivity index (χ3n) is 3.55. The number of aromatic nitrogens is 1. The Morgan fingerprint density at radius 2 is 2.00 bits per heavy atom. The molecule has 7 heteroatoms. The first-order chi connectivity index (χ1) is 12.1. The van der Waals surface area contributed by atoms with Crippen LogP contribution in [0.15, 0.2) is 35.5 Å². The average Bonchev–Trinajstić information content (AvgIpc) is 2.98. The van der Waals surface area contributed by atoms with Crippen LogP contribution in [0.2, 0.25) is 0 Å². The van der Waals surface area contributed by atoms with E-state index in [2.05, 4.69) is 72.7 Å². The summed E-state index contributed by atoms with van der Waals surface area (Å²) in [5.41, 5.74) is 2.54. The van der Waals surface area contributed by atoms with Crippen molar-refractivity contribution in [1.29, 1.82) is 0 Å². The van der Waals surface area contributed by atoms with Crippen LogP contribution in [-0.4, -0.2) is 43.0 Å². The van der Waals surface area contributed by atoms with Crippen molar-refractivity contribution in [1.82, 2.24) is 20.5 Å². The summed E-state index contributed by atoms with van der Waals surface area (Å²) in [5, 5.41) is 7.86. The van der Waals surface area contributed by atoms with Crippen LogP contribution in [-0.2, 0) is 19.5 Å². The summed E-state index contributed by atoms with van der Waals surface area (Å²) < 4.78 is 0. The Morgan fingerprint density at radius 3 is 2.65 bits per heavy atom. The summed E-state index contributed by atoms with van der Waals surface area (Å²) in [6.07, 6.45) is 2.85. The number of aliphatic imine (C=N–C) groups is 1. The van der Waals surface area contributed by atoms with Crippen molar-refractivity contribution < 1.29 is 0 Å². The van der Waals surface area contributed by atoms with Gasteiger partial charge in [-0.15, -0.1) is 35.3 Å². The van der Waals surface area contributed by atoms with Gasteiger partial charge in [-0.25, -0.2) is 9.98 Å². The molecule has 0 aliphatic rings. The van der Waals surface area contributed by atoms with E-state index in [0.717, 1.165) is 37.0 Å². The van der Waals surface area contributed by atoms with E-state index < -0.39 is 0 Å². The predicted molar refractivity (Wildman–Crippen MR) is 123 cm³/mol. The molecule has 0 amide bonds. The lowest BCUT2D eigenvalue weighted by molar-refractivity contribution is 0.402. The van der Waals surface area contributed by atoms with Crippen molar-refractivity contribution in [2.24, 2.45) is 4.99 Å². The molecule has 2 aromatic rings. The van der Waals surface area contributed by atoms with Crippen LogP contribution in [0, 0.1) is 6.92 Å². The first-order valence-electron chi connectivity index (χ1n) is 8.73. The minimum absolute atomic E-state index is 0. The Kier molecular flexibility index (Phi) is 10.8. The number of hydrogen-bond donors (Lipinski definition) is 2. The molecule has 144 valence electrons. The van der Waals surface area contributed by atoms with Gasteiger partial charge in [0, 0.05) is 37.1 Å². The Morgan fingerprint density at radius 1 is 1.23 bits per heavy atom. The number of hydrogen-bond acceptors (Lipinski definition) is 4. The molecule has 0 aliphatic carbocycles. The average molecular weight is 487 g/mol.